The smallest absolute Gasteiger partial charge is 0.255 e. The predicted molar refractivity (Wildman–Crippen MR) is 84.4 cm³/mol. The van der Waals surface area contributed by atoms with Crippen molar-refractivity contribution in [3.05, 3.63) is 29.3 Å². The van der Waals surface area contributed by atoms with Gasteiger partial charge >= 0.3 is 0 Å². The van der Waals surface area contributed by atoms with Crippen LogP contribution in [0.1, 0.15) is 35.2 Å². The van der Waals surface area contributed by atoms with Crippen LogP contribution in [0.4, 0.5) is 0 Å². The number of amides is 3. The molecule has 0 aliphatic carbocycles. The second kappa shape index (κ2) is 5.90. The van der Waals surface area contributed by atoms with Gasteiger partial charge in [0.05, 0.1) is 0 Å². The number of benzene rings is 1. The maximum absolute atomic E-state index is 12.6. The molecule has 1 aromatic rings. The Balaban J connectivity index is 1.51. The highest BCUT2D eigenvalue weighted by atomic mass is 16.5. The summed E-state index contributed by atoms with van der Waals surface area (Å²) in [6, 6.07) is 4.88. The minimum Gasteiger partial charge on any atom is -0.489 e. The van der Waals surface area contributed by atoms with Crippen LogP contribution in [-0.4, -0.2) is 47.9 Å². The summed E-state index contributed by atoms with van der Waals surface area (Å²) in [5.74, 6) is -0.0730. The average Bonchev–Trinajstić information content (AvgIpc) is 3.16. The monoisotopic (exact) mass is 329 g/mol. The molecule has 0 bridgehead atoms. The number of fused-ring (bicyclic) bond motifs is 1. The van der Waals surface area contributed by atoms with E-state index in [-0.39, 0.29) is 30.2 Å². The summed E-state index contributed by atoms with van der Waals surface area (Å²) in [5.41, 5.74) is 1.48. The lowest BCUT2D eigenvalue weighted by Gasteiger charge is -2.29. The molecule has 0 aromatic heterocycles. The lowest BCUT2D eigenvalue weighted by Crippen LogP contribution is -2.52. The highest BCUT2D eigenvalue weighted by Gasteiger charge is 2.39. The van der Waals surface area contributed by atoms with Gasteiger partial charge in [-0.15, -0.1) is 0 Å². The molecule has 0 radical (unpaired) electrons. The number of hydrogen-bond acceptors (Lipinski definition) is 5. The van der Waals surface area contributed by atoms with Crippen molar-refractivity contribution in [2.75, 3.05) is 13.1 Å². The van der Waals surface area contributed by atoms with Crippen molar-refractivity contribution >= 4 is 17.7 Å². The number of imide groups is 1. The number of piperidine rings is 1. The number of carbonyl (C=O) groups excluding carboxylic acids is 3. The lowest BCUT2D eigenvalue weighted by molar-refractivity contribution is -0.136. The molecule has 0 unspecified atom stereocenters. The first-order valence-corrected chi connectivity index (χ1v) is 8.27. The zero-order chi connectivity index (χ0) is 16.7. The summed E-state index contributed by atoms with van der Waals surface area (Å²) >= 11 is 0. The van der Waals surface area contributed by atoms with E-state index in [1.807, 2.05) is 12.1 Å². The summed E-state index contributed by atoms with van der Waals surface area (Å²) in [5, 5.41) is 5.56. The summed E-state index contributed by atoms with van der Waals surface area (Å²) in [4.78, 5) is 37.5. The fraction of sp³-hybridized carbons (Fsp3) is 0.471. The molecule has 2 atom stereocenters. The van der Waals surface area contributed by atoms with Gasteiger partial charge in [-0.2, -0.15) is 0 Å². The number of hydrogen-bond donors (Lipinski definition) is 2. The molecular formula is C17H19N3O4. The highest BCUT2D eigenvalue weighted by molar-refractivity contribution is 6.05. The first kappa shape index (κ1) is 15.1. The SMILES string of the molecule is O=C1CC[C@H](N2Cc3cc(O[C@H]4CCNC4)ccc3C2=O)C(=O)N1. The first-order valence-electron chi connectivity index (χ1n) is 8.27. The van der Waals surface area contributed by atoms with Crippen LogP contribution in [0.2, 0.25) is 0 Å². The predicted octanol–water partition coefficient (Wildman–Crippen LogP) is 0.188. The maximum atomic E-state index is 12.6. The van der Waals surface area contributed by atoms with Crippen LogP contribution in [0.15, 0.2) is 18.2 Å². The Bertz CT molecular complexity index is 712. The molecule has 2 fully saturated rings. The van der Waals surface area contributed by atoms with E-state index in [0.717, 1.165) is 30.8 Å². The molecule has 0 spiro atoms. The average molecular weight is 329 g/mol. The molecule has 3 aliphatic heterocycles. The summed E-state index contributed by atoms with van der Waals surface area (Å²) < 4.78 is 5.94. The van der Waals surface area contributed by atoms with Gasteiger partial charge in [0.1, 0.15) is 17.9 Å². The van der Waals surface area contributed by atoms with Crippen molar-refractivity contribution in [1.29, 1.82) is 0 Å². The van der Waals surface area contributed by atoms with E-state index in [1.54, 1.807) is 11.0 Å². The Hall–Kier alpha value is -2.41. The zero-order valence-corrected chi connectivity index (χ0v) is 13.2. The topological polar surface area (TPSA) is 87.7 Å². The molecule has 4 rings (SSSR count). The highest BCUT2D eigenvalue weighted by Crippen LogP contribution is 2.30. The number of ether oxygens (including phenoxy) is 1. The second-order valence-corrected chi connectivity index (χ2v) is 6.45. The van der Waals surface area contributed by atoms with Gasteiger partial charge in [0, 0.05) is 25.1 Å². The van der Waals surface area contributed by atoms with Gasteiger partial charge in [0.15, 0.2) is 0 Å². The van der Waals surface area contributed by atoms with E-state index in [1.165, 1.54) is 0 Å². The molecule has 3 amide bonds. The van der Waals surface area contributed by atoms with Crippen LogP contribution < -0.4 is 15.4 Å². The van der Waals surface area contributed by atoms with E-state index >= 15 is 0 Å². The third-order valence-electron chi connectivity index (χ3n) is 4.81. The fourth-order valence-electron chi connectivity index (χ4n) is 3.55. The Morgan fingerprint density at radius 2 is 2.04 bits per heavy atom. The number of nitrogens with one attached hydrogen (secondary N) is 2. The van der Waals surface area contributed by atoms with Crippen molar-refractivity contribution in [1.82, 2.24) is 15.5 Å². The molecule has 2 N–H and O–H groups in total. The van der Waals surface area contributed by atoms with Crippen LogP contribution in [-0.2, 0) is 16.1 Å². The maximum Gasteiger partial charge on any atom is 0.255 e. The Labute approximate surface area is 139 Å². The van der Waals surface area contributed by atoms with Crippen molar-refractivity contribution in [2.24, 2.45) is 0 Å². The second-order valence-electron chi connectivity index (χ2n) is 6.45. The van der Waals surface area contributed by atoms with Crippen molar-refractivity contribution in [3.63, 3.8) is 0 Å². The van der Waals surface area contributed by atoms with Gasteiger partial charge < -0.3 is 15.0 Å². The molecule has 3 heterocycles. The van der Waals surface area contributed by atoms with Gasteiger partial charge in [-0.05, 0) is 43.1 Å². The lowest BCUT2D eigenvalue weighted by atomic mass is 10.0. The van der Waals surface area contributed by atoms with E-state index < -0.39 is 6.04 Å². The molecule has 7 nitrogen and oxygen atoms in total. The molecule has 7 heteroatoms. The van der Waals surface area contributed by atoms with Crippen LogP contribution in [0, 0.1) is 0 Å². The Morgan fingerprint density at radius 1 is 1.17 bits per heavy atom. The van der Waals surface area contributed by atoms with Crippen LogP contribution in [0.3, 0.4) is 0 Å². The minimum atomic E-state index is -0.578. The number of rotatable bonds is 3. The van der Waals surface area contributed by atoms with Crippen LogP contribution in [0.25, 0.3) is 0 Å². The molecule has 1 aromatic carbocycles. The number of nitrogens with zero attached hydrogens (tertiary/aromatic N) is 1. The van der Waals surface area contributed by atoms with Crippen LogP contribution >= 0.6 is 0 Å². The summed E-state index contributed by atoms with van der Waals surface area (Å²) in [6.07, 6.45) is 1.77. The van der Waals surface area contributed by atoms with Gasteiger partial charge in [0.25, 0.3) is 5.91 Å². The molecule has 24 heavy (non-hydrogen) atoms. The summed E-state index contributed by atoms with van der Waals surface area (Å²) in [6.45, 7) is 2.16. The van der Waals surface area contributed by atoms with Crippen LogP contribution in [0.5, 0.6) is 5.75 Å². The van der Waals surface area contributed by atoms with E-state index in [9.17, 15) is 14.4 Å². The van der Waals surface area contributed by atoms with Crippen molar-refractivity contribution in [3.8, 4) is 5.75 Å². The Morgan fingerprint density at radius 3 is 2.79 bits per heavy atom. The van der Waals surface area contributed by atoms with E-state index in [4.69, 9.17) is 4.74 Å². The molecule has 126 valence electrons. The molecule has 3 aliphatic rings. The van der Waals surface area contributed by atoms with Crippen molar-refractivity contribution in [2.45, 2.75) is 38.0 Å². The van der Waals surface area contributed by atoms with Gasteiger partial charge in [-0.3, -0.25) is 19.7 Å². The quantitative estimate of drug-likeness (QED) is 0.773. The normalized spacial score (nSPS) is 26.5. The van der Waals surface area contributed by atoms with Crippen molar-refractivity contribution < 1.29 is 19.1 Å². The first-order chi connectivity index (χ1) is 11.6. The van der Waals surface area contributed by atoms with E-state index in [0.29, 0.717) is 18.5 Å². The fourth-order valence-corrected chi connectivity index (χ4v) is 3.55. The Kier molecular flexibility index (Phi) is 3.72. The molecular weight excluding hydrogens is 310 g/mol. The third-order valence-corrected chi connectivity index (χ3v) is 4.81. The molecule has 0 saturated carbocycles. The zero-order valence-electron chi connectivity index (χ0n) is 13.2. The summed E-state index contributed by atoms with van der Waals surface area (Å²) in [7, 11) is 0. The minimum absolute atomic E-state index is 0.159. The van der Waals surface area contributed by atoms with Gasteiger partial charge in [-0.25, -0.2) is 0 Å². The largest absolute Gasteiger partial charge is 0.489 e. The van der Waals surface area contributed by atoms with Gasteiger partial charge in [-0.1, -0.05) is 0 Å². The van der Waals surface area contributed by atoms with E-state index in [2.05, 4.69) is 10.6 Å². The van der Waals surface area contributed by atoms with Gasteiger partial charge in [0.2, 0.25) is 11.8 Å². The standard InChI is InChI=1S/C17H19N3O4/c21-15-4-3-14(16(22)19-15)20-9-10-7-11(1-2-13(10)17(20)23)24-12-5-6-18-8-12/h1-2,7,12,14,18H,3-6,8-9H2,(H,19,21,22)/t12-,14-/m0/s1. The third kappa shape index (κ3) is 2.65. The number of carbonyl (C=O) groups is 3. The molecule has 2 saturated heterocycles.